The molecule has 0 aliphatic heterocycles. The van der Waals surface area contributed by atoms with E-state index >= 15 is 0 Å². The summed E-state index contributed by atoms with van der Waals surface area (Å²) >= 11 is 0. The molecule has 0 aromatic heterocycles. The molecule has 16 heavy (non-hydrogen) atoms. The summed E-state index contributed by atoms with van der Waals surface area (Å²) in [7, 11) is 2.87. The number of rotatable bonds is 5. The standard InChI is InChI=1S/C12H17FO3/c1-12(14,11(15-2)16-3)8-9-6-4-5-7-10(9)13/h4-7,11,14H,8H2,1-3H3. The molecule has 1 aromatic carbocycles. The molecule has 0 aliphatic carbocycles. The Bertz CT molecular complexity index is 335. The smallest absolute Gasteiger partial charge is 0.185 e. The van der Waals surface area contributed by atoms with Crippen LogP contribution in [0.3, 0.4) is 0 Å². The summed E-state index contributed by atoms with van der Waals surface area (Å²) in [5, 5.41) is 10.1. The van der Waals surface area contributed by atoms with E-state index in [1.165, 1.54) is 20.3 Å². The lowest BCUT2D eigenvalue weighted by Gasteiger charge is -2.30. The number of hydrogen-bond acceptors (Lipinski definition) is 3. The van der Waals surface area contributed by atoms with Gasteiger partial charge in [0.05, 0.1) is 0 Å². The molecule has 0 saturated heterocycles. The number of hydrogen-bond donors (Lipinski definition) is 1. The Balaban J connectivity index is 2.83. The Morgan fingerprint density at radius 1 is 1.31 bits per heavy atom. The van der Waals surface area contributed by atoms with Crippen LogP contribution in [0.1, 0.15) is 12.5 Å². The van der Waals surface area contributed by atoms with Gasteiger partial charge in [0, 0.05) is 20.6 Å². The number of methoxy groups -OCH3 is 2. The predicted molar refractivity (Wildman–Crippen MR) is 58.5 cm³/mol. The van der Waals surface area contributed by atoms with Crippen molar-refractivity contribution in [1.82, 2.24) is 0 Å². The van der Waals surface area contributed by atoms with Crippen LogP contribution in [0, 0.1) is 5.82 Å². The normalized spacial score (nSPS) is 15.1. The average Bonchev–Trinajstić information content (AvgIpc) is 2.22. The minimum atomic E-state index is -1.27. The van der Waals surface area contributed by atoms with Gasteiger partial charge in [0.25, 0.3) is 0 Å². The first-order valence-corrected chi connectivity index (χ1v) is 5.02. The molecule has 1 N–H and O–H groups in total. The maximum atomic E-state index is 13.4. The van der Waals surface area contributed by atoms with Crippen LogP contribution in [0.25, 0.3) is 0 Å². The summed E-state index contributed by atoms with van der Waals surface area (Å²) in [6.45, 7) is 1.55. The minimum Gasteiger partial charge on any atom is -0.385 e. The highest BCUT2D eigenvalue weighted by molar-refractivity contribution is 5.19. The fourth-order valence-corrected chi connectivity index (χ4v) is 1.71. The summed E-state index contributed by atoms with van der Waals surface area (Å²) in [5.41, 5.74) is -0.835. The van der Waals surface area contributed by atoms with E-state index in [0.717, 1.165) is 0 Å². The zero-order chi connectivity index (χ0) is 12.2. The zero-order valence-corrected chi connectivity index (χ0v) is 9.74. The van der Waals surface area contributed by atoms with Crippen LogP contribution in [-0.4, -0.2) is 31.2 Å². The van der Waals surface area contributed by atoms with Crippen LogP contribution in [0.2, 0.25) is 0 Å². The summed E-state index contributed by atoms with van der Waals surface area (Å²) in [4.78, 5) is 0. The number of halogens is 1. The molecular formula is C12H17FO3. The molecule has 0 spiro atoms. The number of aliphatic hydroxyl groups is 1. The molecule has 0 heterocycles. The third kappa shape index (κ3) is 3.01. The van der Waals surface area contributed by atoms with Crippen molar-refractivity contribution < 1.29 is 19.0 Å². The topological polar surface area (TPSA) is 38.7 Å². The van der Waals surface area contributed by atoms with Gasteiger partial charge in [0.1, 0.15) is 11.4 Å². The second kappa shape index (κ2) is 5.39. The summed E-state index contributed by atoms with van der Waals surface area (Å²) < 4.78 is 23.4. The first-order chi connectivity index (χ1) is 7.51. The van der Waals surface area contributed by atoms with Crippen LogP contribution in [0.15, 0.2) is 24.3 Å². The van der Waals surface area contributed by atoms with Crippen molar-refractivity contribution in [2.75, 3.05) is 14.2 Å². The van der Waals surface area contributed by atoms with E-state index in [2.05, 4.69) is 0 Å². The van der Waals surface area contributed by atoms with E-state index in [-0.39, 0.29) is 12.2 Å². The highest BCUT2D eigenvalue weighted by Gasteiger charge is 2.33. The molecule has 1 rings (SSSR count). The van der Waals surface area contributed by atoms with Crippen molar-refractivity contribution in [2.45, 2.75) is 25.2 Å². The van der Waals surface area contributed by atoms with Gasteiger partial charge in [-0.05, 0) is 18.6 Å². The Labute approximate surface area is 94.8 Å². The molecule has 0 bridgehead atoms. The van der Waals surface area contributed by atoms with Crippen molar-refractivity contribution in [3.8, 4) is 0 Å². The summed E-state index contributed by atoms with van der Waals surface area (Å²) in [6.07, 6.45) is -0.654. The van der Waals surface area contributed by atoms with Gasteiger partial charge in [0.2, 0.25) is 0 Å². The van der Waals surface area contributed by atoms with E-state index < -0.39 is 11.9 Å². The van der Waals surface area contributed by atoms with Crippen LogP contribution in [-0.2, 0) is 15.9 Å². The third-order valence-electron chi connectivity index (χ3n) is 2.44. The monoisotopic (exact) mass is 228 g/mol. The van der Waals surface area contributed by atoms with Gasteiger partial charge in [-0.2, -0.15) is 0 Å². The molecule has 1 atom stereocenters. The lowest BCUT2D eigenvalue weighted by atomic mass is 9.95. The van der Waals surface area contributed by atoms with E-state index in [9.17, 15) is 9.50 Å². The molecule has 0 amide bonds. The van der Waals surface area contributed by atoms with E-state index in [1.807, 2.05) is 0 Å². The fourth-order valence-electron chi connectivity index (χ4n) is 1.71. The second-order valence-corrected chi connectivity index (χ2v) is 3.93. The molecule has 0 fully saturated rings. The lowest BCUT2D eigenvalue weighted by molar-refractivity contribution is -0.207. The Morgan fingerprint density at radius 2 is 1.88 bits per heavy atom. The molecule has 3 nitrogen and oxygen atoms in total. The largest absolute Gasteiger partial charge is 0.385 e. The average molecular weight is 228 g/mol. The van der Waals surface area contributed by atoms with Gasteiger partial charge in [-0.1, -0.05) is 18.2 Å². The van der Waals surface area contributed by atoms with Crippen molar-refractivity contribution in [3.63, 3.8) is 0 Å². The molecule has 0 aliphatic rings. The van der Waals surface area contributed by atoms with Gasteiger partial charge in [0.15, 0.2) is 6.29 Å². The SMILES string of the molecule is COC(OC)C(C)(O)Cc1ccccc1F. The van der Waals surface area contributed by atoms with Crippen molar-refractivity contribution in [3.05, 3.63) is 35.6 Å². The van der Waals surface area contributed by atoms with Crippen LogP contribution >= 0.6 is 0 Å². The van der Waals surface area contributed by atoms with Crippen LogP contribution in [0.5, 0.6) is 0 Å². The maximum Gasteiger partial charge on any atom is 0.185 e. The van der Waals surface area contributed by atoms with Gasteiger partial charge in [-0.3, -0.25) is 0 Å². The number of benzene rings is 1. The lowest BCUT2D eigenvalue weighted by Crippen LogP contribution is -2.44. The van der Waals surface area contributed by atoms with Crippen LogP contribution in [0.4, 0.5) is 4.39 Å². The van der Waals surface area contributed by atoms with Crippen molar-refractivity contribution in [1.29, 1.82) is 0 Å². The highest BCUT2D eigenvalue weighted by Crippen LogP contribution is 2.21. The molecule has 4 heteroatoms. The minimum absolute atomic E-state index is 0.131. The third-order valence-corrected chi connectivity index (χ3v) is 2.44. The quantitative estimate of drug-likeness (QED) is 0.780. The Kier molecular flexibility index (Phi) is 4.41. The Morgan fingerprint density at radius 3 is 2.38 bits per heavy atom. The van der Waals surface area contributed by atoms with Gasteiger partial charge in [-0.25, -0.2) is 4.39 Å². The molecule has 0 radical (unpaired) electrons. The van der Waals surface area contributed by atoms with E-state index in [0.29, 0.717) is 5.56 Å². The van der Waals surface area contributed by atoms with Crippen LogP contribution < -0.4 is 0 Å². The molecule has 1 aromatic rings. The summed E-state index contributed by atoms with van der Waals surface area (Å²) in [5.74, 6) is -0.339. The van der Waals surface area contributed by atoms with Gasteiger partial charge >= 0.3 is 0 Å². The number of ether oxygens (including phenoxy) is 2. The highest BCUT2D eigenvalue weighted by atomic mass is 19.1. The van der Waals surface area contributed by atoms with Gasteiger partial charge < -0.3 is 14.6 Å². The Hall–Kier alpha value is -0.970. The molecule has 90 valence electrons. The van der Waals surface area contributed by atoms with E-state index in [4.69, 9.17) is 9.47 Å². The summed E-state index contributed by atoms with van der Waals surface area (Å²) in [6, 6.07) is 6.33. The second-order valence-electron chi connectivity index (χ2n) is 3.93. The molecule has 1 unspecified atom stereocenters. The van der Waals surface area contributed by atoms with E-state index in [1.54, 1.807) is 25.1 Å². The van der Waals surface area contributed by atoms with Crippen molar-refractivity contribution in [2.24, 2.45) is 0 Å². The fraction of sp³-hybridized carbons (Fsp3) is 0.500. The molecule has 0 saturated carbocycles. The molecular weight excluding hydrogens is 211 g/mol. The predicted octanol–water partition coefficient (Wildman–Crippen LogP) is 1.74. The van der Waals surface area contributed by atoms with Crippen molar-refractivity contribution >= 4 is 0 Å². The maximum absolute atomic E-state index is 13.4. The first-order valence-electron chi connectivity index (χ1n) is 5.02. The van der Waals surface area contributed by atoms with Gasteiger partial charge in [-0.15, -0.1) is 0 Å². The zero-order valence-electron chi connectivity index (χ0n) is 9.74. The first kappa shape index (κ1) is 13.1.